The molecule has 4 heteroatoms. The number of hydrogen-bond acceptors (Lipinski definition) is 2. The summed E-state index contributed by atoms with van der Waals surface area (Å²) in [6.07, 6.45) is 3.53. The molecule has 1 aliphatic carbocycles. The van der Waals surface area contributed by atoms with E-state index in [4.69, 9.17) is 4.43 Å². The van der Waals surface area contributed by atoms with Crippen molar-refractivity contribution in [3.63, 3.8) is 0 Å². The third-order valence-electron chi connectivity index (χ3n) is 4.72. The Hall–Kier alpha value is -0.353. The summed E-state index contributed by atoms with van der Waals surface area (Å²) >= 11 is 0. The minimum absolute atomic E-state index is 0.126. The fourth-order valence-electron chi connectivity index (χ4n) is 2.31. The number of hydrogen-bond donors (Lipinski definition) is 1. The van der Waals surface area contributed by atoms with Gasteiger partial charge >= 0.3 is 5.97 Å². The van der Waals surface area contributed by atoms with Crippen molar-refractivity contribution in [1.29, 1.82) is 0 Å². The molecule has 0 saturated heterocycles. The first kappa shape index (κ1) is 15.7. The van der Waals surface area contributed by atoms with E-state index in [1.807, 2.05) is 6.92 Å². The molecule has 2 atom stereocenters. The van der Waals surface area contributed by atoms with Crippen molar-refractivity contribution in [1.82, 2.24) is 0 Å². The van der Waals surface area contributed by atoms with Crippen LogP contribution in [0.3, 0.4) is 0 Å². The summed E-state index contributed by atoms with van der Waals surface area (Å²) in [7, 11) is -1.78. The molecule has 0 radical (unpaired) electrons. The van der Waals surface area contributed by atoms with Gasteiger partial charge in [0.1, 0.15) is 0 Å². The van der Waals surface area contributed by atoms with Crippen LogP contribution in [-0.4, -0.2) is 25.5 Å². The Morgan fingerprint density at radius 2 is 1.94 bits per heavy atom. The lowest BCUT2D eigenvalue weighted by atomic mass is 9.74. The number of carboxylic acids is 1. The predicted octanol–water partition coefficient (Wildman–Crippen LogP) is 4.04. The lowest BCUT2D eigenvalue weighted by molar-refractivity contribution is -0.151. The molecule has 0 heterocycles. The maximum Gasteiger partial charge on any atom is 0.309 e. The van der Waals surface area contributed by atoms with Crippen molar-refractivity contribution < 1.29 is 14.3 Å². The molecule has 0 aromatic rings. The number of rotatable bonds is 3. The Kier molecular flexibility index (Phi) is 4.33. The fraction of sp³-hybridized carbons (Fsp3) is 0.929. The Bertz CT molecular complexity index is 319. The van der Waals surface area contributed by atoms with E-state index in [-0.39, 0.29) is 11.1 Å². The van der Waals surface area contributed by atoms with E-state index < -0.39 is 19.7 Å². The summed E-state index contributed by atoms with van der Waals surface area (Å²) < 4.78 is 6.36. The van der Waals surface area contributed by atoms with Gasteiger partial charge in [0.25, 0.3) is 0 Å². The first-order chi connectivity index (χ1) is 7.98. The van der Waals surface area contributed by atoms with Crippen LogP contribution in [0.2, 0.25) is 18.1 Å². The van der Waals surface area contributed by atoms with E-state index in [1.54, 1.807) is 0 Å². The van der Waals surface area contributed by atoms with E-state index in [0.29, 0.717) is 6.42 Å². The molecule has 18 heavy (non-hydrogen) atoms. The smallest absolute Gasteiger partial charge is 0.309 e. The van der Waals surface area contributed by atoms with Crippen molar-refractivity contribution in [3.8, 4) is 0 Å². The second-order valence-corrected chi connectivity index (χ2v) is 12.2. The highest BCUT2D eigenvalue weighted by Crippen LogP contribution is 2.42. The Balaban J connectivity index is 2.72. The van der Waals surface area contributed by atoms with Gasteiger partial charge < -0.3 is 9.53 Å². The largest absolute Gasteiger partial charge is 0.481 e. The summed E-state index contributed by atoms with van der Waals surface area (Å²) in [4.78, 5) is 11.3. The van der Waals surface area contributed by atoms with Crippen molar-refractivity contribution in [2.45, 2.75) is 77.6 Å². The van der Waals surface area contributed by atoms with E-state index in [1.165, 1.54) is 0 Å². The van der Waals surface area contributed by atoms with Gasteiger partial charge in [-0.05, 0) is 50.7 Å². The topological polar surface area (TPSA) is 46.5 Å². The van der Waals surface area contributed by atoms with E-state index in [2.05, 4.69) is 33.9 Å². The van der Waals surface area contributed by atoms with Gasteiger partial charge in [0.05, 0.1) is 5.41 Å². The summed E-state index contributed by atoms with van der Waals surface area (Å²) in [5.41, 5.74) is -0.592. The van der Waals surface area contributed by atoms with Crippen LogP contribution >= 0.6 is 0 Å². The SMILES string of the molecule is CC1(C(=O)O)CCCC(O[Si](C)(C)C(C)(C)C)C1. The minimum Gasteiger partial charge on any atom is -0.481 e. The third-order valence-corrected chi connectivity index (χ3v) is 9.25. The monoisotopic (exact) mass is 272 g/mol. The highest BCUT2D eigenvalue weighted by atomic mass is 28.4. The number of aliphatic carboxylic acids is 1. The quantitative estimate of drug-likeness (QED) is 0.789. The normalized spacial score (nSPS) is 30.2. The lowest BCUT2D eigenvalue weighted by Crippen LogP contribution is -2.47. The summed E-state index contributed by atoms with van der Waals surface area (Å²) in [5, 5.41) is 9.51. The van der Waals surface area contributed by atoms with Crippen LogP contribution in [0.1, 0.15) is 53.4 Å². The number of carboxylic acid groups (broad SMARTS) is 1. The second-order valence-electron chi connectivity index (χ2n) is 7.46. The van der Waals surface area contributed by atoms with Crippen LogP contribution in [-0.2, 0) is 9.22 Å². The Morgan fingerprint density at radius 1 is 1.39 bits per heavy atom. The number of carbonyl (C=O) groups is 1. The molecule has 1 rings (SSSR count). The highest BCUT2D eigenvalue weighted by molar-refractivity contribution is 6.74. The van der Waals surface area contributed by atoms with Gasteiger partial charge in [-0.25, -0.2) is 0 Å². The van der Waals surface area contributed by atoms with Crippen molar-refractivity contribution in [2.24, 2.45) is 5.41 Å². The van der Waals surface area contributed by atoms with Gasteiger partial charge in [0.2, 0.25) is 0 Å². The summed E-state index contributed by atoms with van der Waals surface area (Å²) in [5.74, 6) is -0.675. The average molecular weight is 272 g/mol. The maximum absolute atomic E-state index is 11.3. The predicted molar refractivity (Wildman–Crippen MR) is 76.3 cm³/mol. The van der Waals surface area contributed by atoms with E-state index in [9.17, 15) is 9.90 Å². The van der Waals surface area contributed by atoms with Crippen LogP contribution in [0.5, 0.6) is 0 Å². The zero-order valence-electron chi connectivity index (χ0n) is 12.7. The Morgan fingerprint density at radius 3 is 2.39 bits per heavy atom. The van der Waals surface area contributed by atoms with Gasteiger partial charge in [0.15, 0.2) is 8.32 Å². The van der Waals surface area contributed by atoms with Crippen LogP contribution in [0, 0.1) is 5.41 Å². The average Bonchev–Trinajstić information content (AvgIpc) is 2.14. The molecule has 0 amide bonds. The first-order valence-electron chi connectivity index (χ1n) is 6.89. The standard InChI is InChI=1S/C14H28O3Si/c1-13(2,3)18(5,6)17-11-8-7-9-14(4,10-11)12(15)16/h11H,7-10H2,1-6H3,(H,15,16). The maximum atomic E-state index is 11.3. The van der Waals surface area contributed by atoms with Crippen LogP contribution in [0.4, 0.5) is 0 Å². The van der Waals surface area contributed by atoms with Crippen molar-refractivity contribution >= 4 is 14.3 Å². The van der Waals surface area contributed by atoms with Crippen LogP contribution in [0.25, 0.3) is 0 Å². The van der Waals surface area contributed by atoms with Crippen molar-refractivity contribution in [2.75, 3.05) is 0 Å². The molecule has 0 aliphatic heterocycles. The zero-order chi connectivity index (χ0) is 14.2. The molecule has 1 aliphatic rings. The summed E-state index contributed by atoms with van der Waals surface area (Å²) in [6.45, 7) is 13.0. The van der Waals surface area contributed by atoms with E-state index in [0.717, 1.165) is 19.3 Å². The van der Waals surface area contributed by atoms with Gasteiger partial charge in [-0.15, -0.1) is 0 Å². The molecule has 1 fully saturated rings. The first-order valence-corrected chi connectivity index (χ1v) is 9.80. The van der Waals surface area contributed by atoms with Crippen LogP contribution < -0.4 is 0 Å². The molecule has 0 spiro atoms. The van der Waals surface area contributed by atoms with Gasteiger partial charge in [-0.1, -0.05) is 20.8 Å². The lowest BCUT2D eigenvalue weighted by Gasteiger charge is -2.43. The molecule has 1 N–H and O–H groups in total. The highest BCUT2D eigenvalue weighted by Gasteiger charge is 2.44. The van der Waals surface area contributed by atoms with Gasteiger partial charge in [-0.3, -0.25) is 4.79 Å². The minimum atomic E-state index is -1.78. The van der Waals surface area contributed by atoms with Gasteiger partial charge in [-0.2, -0.15) is 0 Å². The molecule has 0 aromatic carbocycles. The summed E-state index contributed by atoms with van der Waals surface area (Å²) in [6, 6.07) is 0. The fourth-order valence-corrected chi connectivity index (χ4v) is 3.70. The molecule has 0 aromatic heterocycles. The molecule has 106 valence electrons. The molecule has 2 unspecified atom stereocenters. The van der Waals surface area contributed by atoms with Crippen molar-refractivity contribution in [3.05, 3.63) is 0 Å². The molecular formula is C14H28O3Si. The third kappa shape index (κ3) is 3.35. The van der Waals surface area contributed by atoms with E-state index >= 15 is 0 Å². The van der Waals surface area contributed by atoms with Crippen LogP contribution in [0.15, 0.2) is 0 Å². The molecule has 0 bridgehead atoms. The molecular weight excluding hydrogens is 244 g/mol. The zero-order valence-corrected chi connectivity index (χ0v) is 13.7. The Labute approximate surface area is 112 Å². The molecule has 1 saturated carbocycles. The second kappa shape index (κ2) is 4.97. The molecule has 3 nitrogen and oxygen atoms in total. The van der Waals surface area contributed by atoms with Gasteiger partial charge in [0, 0.05) is 6.10 Å².